The third-order valence-corrected chi connectivity index (χ3v) is 2.94. The van der Waals surface area contributed by atoms with Crippen molar-refractivity contribution in [2.24, 2.45) is 0 Å². The SMILES string of the molecule is CNc1cc(C(=O)NCc2nccs2)ccn1. The number of aromatic nitrogens is 2. The summed E-state index contributed by atoms with van der Waals surface area (Å²) in [5, 5.41) is 8.47. The Hall–Kier alpha value is -1.95. The largest absolute Gasteiger partial charge is 0.373 e. The van der Waals surface area contributed by atoms with E-state index in [1.165, 1.54) is 11.3 Å². The number of carbonyl (C=O) groups is 1. The molecule has 2 heterocycles. The topological polar surface area (TPSA) is 66.9 Å². The van der Waals surface area contributed by atoms with E-state index in [4.69, 9.17) is 0 Å². The van der Waals surface area contributed by atoms with Gasteiger partial charge in [0, 0.05) is 30.4 Å². The van der Waals surface area contributed by atoms with Gasteiger partial charge in [-0.25, -0.2) is 9.97 Å². The predicted octanol–water partition coefficient (Wildman–Crippen LogP) is 1.51. The van der Waals surface area contributed by atoms with Gasteiger partial charge in [0.25, 0.3) is 5.91 Å². The third-order valence-electron chi connectivity index (χ3n) is 2.16. The summed E-state index contributed by atoms with van der Waals surface area (Å²) < 4.78 is 0. The molecule has 0 bridgehead atoms. The molecule has 0 atom stereocenters. The highest BCUT2D eigenvalue weighted by molar-refractivity contribution is 7.09. The first-order valence-electron chi connectivity index (χ1n) is 5.10. The van der Waals surface area contributed by atoms with Crippen molar-refractivity contribution in [3.63, 3.8) is 0 Å². The highest BCUT2D eigenvalue weighted by Crippen LogP contribution is 2.07. The summed E-state index contributed by atoms with van der Waals surface area (Å²) in [4.78, 5) is 20.0. The minimum Gasteiger partial charge on any atom is -0.373 e. The van der Waals surface area contributed by atoms with E-state index in [0.29, 0.717) is 17.9 Å². The molecule has 0 saturated heterocycles. The number of pyridine rings is 1. The predicted molar refractivity (Wildman–Crippen MR) is 67.1 cm³/mol. The van der Waals surface area contributed by atoms with Crippen LogP contribution in [0, 0.1) is 0 Å². The van der Waals surface area contributed by atoms with E-state index >= 15 is 0 Å². The zero-order chi connectivity index (χ0) is 12.1. The normalized spacial score (nSPS) is 9.94. The first-order valence-corrected chi connectivity index (χ1v) is 5.98. The maximum absolute atomic E-state index is 11.8. The van der Waals surface area contributed by atoms with Crippen molar-refractivity contribution in [1.29, 1.82) is 0 Å². The molecule has 88 valence electrons. The average molecular weight is 248 g/mol. The molecular weight excluding hydrogens is 236 g/mol. The Bertz CT molecular complexity index is 498. The summed E-state index contributed by atoms with van der Waals surface area (Å²) >= 11 is 1.52. The second kappa shape index (κ2) is 5.40. The molecule has 0 radical (unpaired) electrons. The number of hydrogen-bond acceptors (Lipinski definition) is 5. The van der Waals surface area contributed by atoms with Crippen LogP contribution in [0.1, 0.15) is 15.4 Å². The summed E-state index contributed by atoms with van der Waals surface area (Å²) in [6.45, 7) is 0.452. The number of thiazole rings is 1. The van der Waals surface area contributed by atoms with Crippen molar-refractivity contribution >= 4 is 23.1 Å². The van der Waals surface area contributed by atoms with Crippen LogP contribution in [0.25, 0.3) is 0 Å². The lowest BCUT2D eigenvalue weighted by Gasteiger charge is -2.04. The quantitative estimate of drug-likeness (QED) is 0.860. The number of rotatable bonds is 4. The van der Waals surface area contributed by atoms with Gasteiger partial charge in [-0.05, 0) is 12.1 Å². The van der Waals surface area contributed by atoms with Crippen LogP contribution in [-0.4, -0.2) is 22.9 Å². The van der Waals surface area contributed by atoms with Gasteiger partial charge < -0.3 is 10.6 Å². The molecule has 0 unspecified atom stereocenters. The van der Waals surface area contributed by atoms with Gasteiger partial charge in [-0.2, -0.15) is 0 Å². The van der Waals surface area contributed by atoms with Gasteiger partial charge in [-0.1, -0.05) is 0 Å². The zero-order valence-electron chi connectivity index (χ0n) is 9.30. The number of carbonyl (C=O) groups excluding carboxylic acids is 1. The maximum Gasteiger partial charge on any atom is 0.251 e. The molecule has 2 aromatic rings. The fourth-order valence-corrected chi connectivity index (χ4v) is 1.86. The fourth-order valence-electron chi connectivity index (χ4n) is 1.31. The molecule has 2 N–H and O–H groups in total. The van der Waals surface area contributed by atoms with Gasteiger partial charge in [0.05, 0.1) is 6.54 Å². The Labute approximate surface area is 103 Å². The van der Waals surface area contributed by atoms with Crippen molar-refractivity contribution in [3.8, 4) is 0 Å². The lowest BCUT2D eigenvalue weighted by molar-refractivity contribution is 0.0951. The monoisotopic (exact) mass is 248 g/mol. The third kappa shape index (κ3) is 3.01. The van der Waals surface area contributed by atoms with Crippen molar-refractivity contribution in [3.05, 3.63) is 40.5 Å². The minimum absolute atomic E-state index is 0.126. The standard InChI is InChI=1S/C11H12N4OS/c1-12-9-6-8(2-3-13-9)11(16)15-7-10-14-4-5-17-10/h2-6H,7H2,1H3,(H,12,13)(H,15,16). The Kier molecular flexibility index (Phi) is 3.66. The van der Waals surface area contributed by atoms with E-state index in [0.717, 1.165) is 5.01 Å². The summed E-state index contributed by atoms with van der Waals surface area (Å²) in [5.74, 6) is 0.547. The molecule has 0 aliphatic rings. The lowest BCUT2D eigenvalue weighted by Crippen LogP contribution is -2.22. The van der Waals surface area contributed by atoms with Crippen LogP contribution >= 0.6 is 11.3 Å². The molecule has 0 spiro atoms. The maximum atomic E-state index is 11.8. The van der Waals surface area contributed by atoms with Crippen LogP contribution in [-0.2, 0) is 6.54 Å². The molecule has 6 heteroatoms. The smallest absolute Gasteiger partial charge is 0.251 e. The van der Waals surface area contributed by atoms with Gasteiger partial charge >= 0.3 is 0 Å². The van der Waals surface area contributed by atoms with Gasteiger partial charge in [0.1, 0.15) is 10.8 Å². The van der Waals surface area contributed by atoms with E-state index in [9.17, 15) is 4.79 Å². The highest BCUT2D eigenvalue weighted by atomic mass is 32.1. The van der Waals surface area contributed by atoms with E-state index < -0.39 is 0 Å². The van der Waals surface area contributed by atoms with Crippen molar-refractivity contribution in [2.45, 2.75) is 6.54 Å². The molecule has 5 nitrogen and oxygen atoms in total. The van der Waals surface area contributed by atoms with Crippen LogP contribution in [0.4, 0.5) is 5.82 Å². The lowest BCUT2D eigenvalue weighted by atomic mass is 10.2. The van der Waals surface area contributed by atoms with Crippen LogP contribution < -0.4 is 10.6 Å². The number of hydrogen-bond donors (Lipinski definition) is 2. The molecule has 1 amide bonds. The number of nitrogens with zero attached hydrogens (tertiary/aromatic N) is 2. The fraction of sp³-hybridized carbons (Fsp3) is 0.182. The van der Waals surface area contributed by atoms with Crippen LogP contribution in [0.3, 0.4) is 0 Å². The van der Waals surface area contributed by atoms with Crippen LogP contribution in [0.2, 0.25) is 0 Å². The molecular formula is C11H12N4OS. The molecule has 0 aliphatic carbocycles. The number of amides is 1. The van der Waals surface area contributed by atoms with E-state index in [2.05, 4.69) is 20.6 Å². The van der Waals surface area contributed by atoms with Crippen LogP contribution in [0.5, 0.6) is 0 Å². The number of nitrogens with one attached hydrogen (secondary N) is 2. The van der Waals surface area contributed by atoms with Gasteiger partial charge in [0.2, 0.25) is 0 Å². The summed E-state index contributed by atoms with van der Waals surface area (Å²) in [6.07, 6.45) is 3.32. The first kappa shape index (κ1) is 11.5. The molecule has 0 aromatic carbocycles. The van der Waals surface area contributed by atoms with E-state index in [1.54, 1.807) is 31.6 Å². The van der Waals surface area contributed by atoms with E-state index in [1.807, 2.05) is 5.38 Å². The Morgan fingerprint density at radius 3 is 3.00 bits per heavy atom. The Balaban J connectivity index is 1.99. The molecule has 2 rings (SSSR count). The second-order valence-electron chi connectivity index (χ2n) is 3.29. The van der Waals surface area contributed by atoms with Gasteiger partial charge in [0.15, 0.2) is 0 Å². The zero-order valence-corrected chi connectivity index (χ0v) is 10.1. The summed E-state index contributed by atoms with van der Waals surface area (Å²) in [5.41, 5.74) is 0.584. The molecule has 17 heavy (non-hydrogen) atoms. The highest BCUT2D eigenvalue weighted by Gasteiger charge is 2.06. The number of anilines is 1. The van der Waals surface area contributed by atoms with Gasteiger partial charge in [-0.3, -0.25) is 4.79 Å². The van der Waals surface area contributed by atoms with E-state index in [-0.39, 0.29) is 5.91 Å². The Morgan fingerprint density at radius 2 is 2.29 bits per heavy atom. The summed E-state index contributed by atoms with van der Waals surface area (Å²) in [6, 6.07) is 3.38. The summed E-state index contributed by atoms with van der Waals surface area (Å²) in [7, 11) is 1.76. The van der Waals surface area contributed by atoms with Crippen molar-refractivity contribution in [2.75, 3.05) is 12.4 Å². The average Bonchev–Trinajstić information content (AvgIpc) is 2.89. The second-order valence-corrected chi connectivity index (χ2v) is 4.27. The van der Waals surface area contributed by atoms with Crippen molar-refractivity contribution in [1.82, 2.24) is 15.3 Å². The van der Waals surface area contributed by atoms with Crippen LogP contribution in [0.15, 0.2) is 29.9 Å². The molecule has 0 fully saturated rings. The molecule has 2 aromatic heterocycles. The first-order chi connectivity index (χ1) is 8.29. The Morgan fingerprint density at radius 1 is 1.41 bits per heavy atom. The van der Waals surface area contributed by atoms with Gasteiger partial charge in [-0.15, -0.1) is 11.3 Å². The molecule has 0 saturated carbocycles. The molecule has 0 aliphatic heterocycles. The van der Waals surface area contributed by atoms with Crippen molar-refractivity contribution < 1.29 is 4.79 Å². The minimum atomic E-state index is -0.126.